The van der Waals surface area contributed by atoms with Crippen LogP contribution in [0.15, 0.2) is 114 Å². The van der Waals surface area contributed by atoms with Gasteiger partial charge < -0.3 is 14.2 Å². The van der Waals surface area contributed by atoms with Crippen LogP contribution >= 0.6 is 15.9 Å². The highest BCUT2D eigenvalue weighted by Crippen LogP contribution is 2.40. The summed E-state index contributed by atoms with van der Waals surface area (Å²) in [6.45, 7) is 1.05. The Hall–Kier alpha value is -3.78. The number of hydrogen-bond donors (Lipinski definition) is 0. The summed E-state index contributed by atoms with van der Waals surface area (Å²) in [6.07, 6.45) is 2.47. The first kappa shape index (κ1) is 30.3. The van der Waals surface area contributed by atoms with Crippen molar-refractivity contribution in [1.82, 2.24) is 4.90 Å². The van der Waals surface area contributed by atoms with E-state index in [-0.39, 0.29) is 18.6 Å². The van der Waals surface area contributed by atoms with Gasteiger partial charge in [0.25, 0.3) is 0 Å². The molecule has 0 aliphatic carbocycles. The number of hydrogen-bond acceptors (Lipinski definition) is 5. The van der Waals surface area contributed by atoms with E-state index in [1.165, 1.54) is 10.5 Å². The van der Waals surface area contributed by atoms with E-state index in [9.17, 15) is 9.59 Å². The number of carbonyl (C=O) groups excluding carboxylic acids is 2. The molecule has 2 heterocycles. The van der Waals surface area contributed by atoms with Gasteiger partial charge in [0.1, 0.15) is 6.61 Å². The third kappa shape index (κ3) is 6.96. The predicted octanol–water partition coefficient (Wildman–Crippen LogP) is 7.94. The van der Waals surface area contributed by atoms with Crippen LogP contribution in [0, 0.1) is 5.92 Å². The fraction of sp³-hybridized carbons (Fsp3) is 0.297. The molecule has 44 heavy (non-hydrogen) atoms. The number of halogens is 1. The number of imide groups is 1. The van der Waals surface area contributed by atoms with E-state index in [0.717, 1.165) is 39.6 Å². The standard InChI is InChI=1S/C37H36BrNO5/c38-33-20-16-30(17-21-33)29-14-18-32(19-15-29)37(43-22-23-44-37)25-31(13-7-12-27-8-3-1-4-9-27)35(40)39-34(26-42-36(39)41)24-28-10-5-2-6-11-28/h1-6,8-11,14-21,31,34H,7,12-13,22-26H2/t31?,34-/m0/s1. The zero-order valence-corrected chi connectivity index (χ0v) is 26.2. The van der Waals surface area contributed by atoms with E-state index < -0.39 is 17.8 Å². The maximum Gasteiger partial charge on any atom is 0.416 e. The molecule has 4 aromatic carbocycles. The summed E-state index contributed by atoms with van der Waals surface area (Å²) in [7, 11) is 0. The van der Waals surface area contributed by atoms with Gasteiger partial charge in [0.05, 0.1) is 19.3 Å². The number of nitrogens with zero attached hydrogens (tertiary/aromatic N) is 1. The Kier molecular flexibility index (Phi) is 9.55. The molecule has 0 N–H and O–H groups in total. The molecule has 7 heteroatoms. The first-order chi connectivity index (χ1) is 21.5. The summed E-state index contributed by atoms with van der Waals surface area (Å²) in [4.78, 5) is 28.7. The maximum atomic E-state index is 14.3. The molecular formula is C37H36BrNO5. The lowest BCUT2D eigenvalue weighted by atomic mass is 9.87. The number of aryl methyl sites for hydroxylation is 1. The Balaban J connectivity index is 1.26. The molecule has 226 valence electrons. The Morgan fingerprint density at radius 3 is 2.05 bits per heavy atom. The minimum Gasteiger partial charge on any atom is -0.447 e. The molecule has 2 aliphatic heterocycles. The second-order valence-electron chi connectivity index (χ2n) is 11.4. The van der Waals surface area contributed by atoms with Crippen LogP contribution in [-0.4, -0.2) is 42.8 Å². The van der Waals surface area contributed by atoms with Crippen molar-refractivity contribution in [2.24, 2.45) is 5.92 Å². The zero-order valence-electron chi connectivity index (χ0n) is 24.6. The van der Waals surface area contributed by atoms with Crippen molar-refractivity contribution in [3.8, 4) is 11.1 Å². The van der Waals surface area contributed by atoms with Crippen LogP contribution in [0.4, 0.5) is 4.79 Å². The largest absolute Gasteiger partial charge is 0.447 e. The van der Waals surface area contributed by atoms with Gasteiger partial charge in [-0.1, -0.05) is 113 Å². The first-order valence-corrected chi connectivity index (χ1v) is 16.0. The summed E-state index contributed by atoms with van der Waals surface area (Å²) >= 11 is 3.50. The molecule has 4 aromatic rings. The van der Waals surface area contributed by atoms with Gasteiger partial charge in [-0.25, -0.2) is 9.69 Å². The molecule has 6 rings (SSSR count). The number of amides is 2. The SMILES string of the molecule is O=C1OC[C@H](Cc2ccccc2)N1C(=O)C(CCCc1ccccc1)CC1(c2ccc(-c3ccc(Br)cc3)cc2)OCCO1. The molecular weight excluding hydrogens is 618 g/mol. The molecule has 0 spiro atoms. The highest BCUT2D eigenvalue weighted by Gasteiger charge is 2.46. The Labute approximate surface area is 267 Å². The highest BCUT2D eigenvalue weighted by atomic mass is 79.9. The first-order valence-electron chi connectivity index (χ1n) is 15.2. The van der Waals surface area contributed by atoms with Crippen LogP contribution in [0.3, 0.4) is 0 Å². The average Bonchev–Trinajstić information content (AvgIpc) is 3.68. The monoisotopic (exact) mass is 653 g/mol. The number of cyclic esters (lactones) is 1. The lowest BCUT2D eigenvalue weighted by molar-refractivity contribution is -0.183. The quantitative estimate of drug-likeness (QED) is 0.164. The fourth-order valence-corrected chi connectivity index (χ4v) is 6.48. The fourth-order valence-electron chi connectivity index (χ4n) is 6.21. The highest BCUT2D eigenvalue weighted by molar-refractivity contribution is 9.10. The van der Waals surface area contributed by atoms with Crippen LogP contribution in [0.1, 0.15) is 36.0 Å². The van der Waals surface area contributed by atoms with Crippen LogP contribution in [0.25, 0.3) is 11.1 Å². The number of rotatable bonds is 11. The Morgan fingerprint density at radius 1 is 0.818 bits per heavy atom. The molecule has 2 saturated heterocycles. The second kappa shape index (κ2) is 13.9. The van der Waals surface area contributed by atoms with Crippen molar-refractivity contribution in [3.05, 3.63) is 130 Å². The van der Waals surface area contributed by atoms with Gasteiger partial charge in [0.2, 0.25) is 5.91 Å². The van der Waals surface area contributed by atoms with E-state index >= 15 is 0 Å². The van der Waals surface area contributed by atoms with E-state index in [0.29, 0.717) is 32.5 Å². The number of ether oxygens (including phenoxy) is 3. The van der Waals surface area contributed by atoms with Gasteiger partial charge >= 0.3 is 6.09 Å². The van der Waals surface area contributed by atoms with Crippen LogP contribution in [0.2, 0.25) is 0 Å². The van der Waals surface area contributed by atoms with Crippen molar-refractivity contribution in [2.45, 2.75) is 43.9 Å². The molecule has 0 saturated carbocycles. The third-order valence-electron chi connectivity index (χ3n) is 8.49. The normalized spacial score (nSPS) is 18.2. The minimum atomic E-state index is -1.08. The van der Waals surface area contributed by atoms with Gasteiger partial charge in [-0.2, -0.15) is 0 Å². The van der Waals surface area contributed by atoms with Gasteiger partial charge in [-0.15, -0.1) is 0 Å². The third-order valence-corrected chi connectivity index (χ3v) is 9.02. The van der Waals surface area contributed by atoms with Crippen molar-refractivity contribution < 1.29 is 23.8 Å². The van der Waals surface area contributed by atoms with Crippen LogP contribution < -0.4 is 0 Å². The second-order valence-corrected chi connectivity index (χ2v) is 12.4. The predicted molar refractivity (Wildman–Crippen MR) is 173 cm³/mol. The van der Waals surface area contributed by atoms with Gasteiger partial charge in [-0.3, -0.25) is 4.79 Å². The maximum absolute atomic E-state index is 14.3. The molecule has 0 radical (unpaired) electrons. The molecule has 2 aliphatic rings. The Bertz CT molecular complexity index is 1540. The number of carbonyl (C=O) groups is 2. The number of benzene rings is 4. The summed E-state index contributed by atoms with van der Waals surface area (Å²) < 4.78 is 19.1. The summed E-state index contributed by atoms with van der Waals surface area (Å²) in [5, 5.41) is 0. The molecule has 0 bridgehead atoms. The lowest BCUT2D eigenvalue weighted by Crippen LogP contribution is -2.45. The smallest absolute Gasteiger partial charge is 0.416 e. The minimum absolute atomic E-state index is 0.186. The van der Waals surface area contributed by atoms with Crippen LogP contribution in [0.5, 0.6) is 0 Å². The average molecular weight is 655 g/mol. The van der Waals surface area contributed by atoms with Crippen molar-refractivity contribution in [3.63, 3.8) is 0 Å². The molecule has 2 atom stereocenters. The molecule has 2 fully saturated rings. The van der Waals surface area contributed by atoms with E-state index in [1.54, 1.807) is 0 Å². The Morgan fingerprint density at radius 2 is 1.41 bits per heavy atom. The molecule has 0 aromatic heterocycles. The summed E-state index contributed by atoms with van der Waals surface area (Å²) in [6, 6.07) is 36.2. The summed E-state index contributed by atoms with van der Waals surface area (Å²) in [5.74, 6) is -1.82. The molecule has 1 unspecified atom stereocenters. The van der Waals surface area contributed by atoms with E-state index in [1.807, 2.05) is 72.8 Å². The van der Waals surface area contributed by atoms with Crippen LogP contribution in [-0.2, 0) is 37.6 Å². The van der Waals surface area contributed by atoms with Gasteiger partial charge in [-0.05, 0) is 60.1 Å². The van der Waals surface area contributed by atoms with Crippen molar-refractivity contribution >= 4 is 27.9 Å². The topological polar surface area (TPSA) is 65.1 Å². The van der Waals surface area contributed by atoms with Gasteiger partial charge in [0.15, 0.2) is 5.79 Å². The van der Waals surface area contributed by atoms with E-state index in [2.05, 4.69) is 52.3 Å². The van der Waals surface area contributed by atoms with Crippen molar-refractivity contribution in [1.29, 1.82) is 0 Å². The summed E-state index contributed by atoms with van der Waals surface area (Å²) in [5.41, 5.74) is 5.31. The lowest BCUT2D eigenvalue weighted by Gasteiger charge is -2.33. The molecule has 2 amide bonds. The van der Waals surface area contributed by atoms with Gasteiger partial charge in [0, 0.05) is 22.4 Å². The van der Waals surface area contributed by atoms with Crippen molar-refractivity contribution in [2.75, 3.05) is 19.8 Å². The zero-order chi connectivity index (χ0) is 30.4. The van der Waals surface area contributed by atoms with E-state index in [4.69, 9.17) is 14.2 Å². The molecule has 6 nitrogen and oxygen atoms in total.